The number of carboxylic acid groups (broad SMARTS) is 1. The molecule has 1 fully saturated rings. The molecular weight excluding hydrogens is 202 g/mol. The molecule has 0 radical (unpaired) electrons. The van der Waals surface area contributed by atoms with Gasteiger partial charge in [0.25, 0.3) is 0 Å². The lowest BCUT2D eigenvalue weighted by molar-refractivity contribution is -0.306. The molecule has 3 heteroatoms. The zero-order chi connectivity index (χ0) is 11.7. The van der Waals surface area contributed by atoms with E-state index < -0.39 is 12.0 Å². The van der Waals surface area contributed by atoms with E-state index in [0.29, 0.717) is 5.92 Å². The molecule has 86 valence electrons. The van der Waals surface area contributed by atoms with Gasteiger partial charge in [-0.15, -0.1) is 0 Å². The lowest BCUT2D eigenvalue weighted by atomic mass is 10.1. The van der Waals surface area contributed by atoms with Crippen LogP contribution in [0.25, 0.3) is 0 Å². The van der Waals surface area contributed by atoms with Crippen molar-refractivity contribution < 1.29 is 9.90 Å². The van der Waals surface area contributed by atoms with E-state index in [1.807, 2.05) is 35.2 Å². The summed E-state index contributed by atoms with van der Waals surface area (Å²) in [5, 5.41) is 11.0. The van der Waals surface area contributed by atoms with E-state index in [2.05, 4.69) is 13.8 Å². The van der Waals surface area contributed by atoms with Crippen molar-refractivity contribution in [3.63, 3.8) is 0 Å². The Morgan fingerprint density at radius 1 is 1.38 bits per heavy atom. The van der Waals surface area contributed by atoms with Crippen molar-refractivity contribution in [2.75, 3.05) is 6.54 Å². The minimum absolute atomic E-state index is 0.00796. The van der Waals surface area contributed by atoms with E-state index in [1.165, 1.54) is 0 Å². The molecular formula is C13H16NO2-. The summed E-state index contributed by atoms with van der Waals surface area (Å²) in [6.45, 7) is 4.98. The molecule has 16 heavy (non-hydrogen) atoms. The maximum atomic E-state index is 11.0. The molecule has 1 aliphatic rings. The molecule has 0 bridgehead atoms. The van der Waals surface area contributed by atoms with Gasteiger partial charge >= 0.3 is 0 Å². The van der Waals surface area contributed by atoms with Gasteiger partial charge in [0.15, 0.2) is 0 Å². The van der Waals surface area contributed by atoms with Gasteiger partial charge in [0.1, 0.15) is 0 Å². The standard InChI is InChI=1S/C13H17NO2/c1-9(2)8-14-11(12(14)13(15)16)10-6-4-3-5-7-10/h3-7,9,11-12H,8H2,1-2H3,(H,15,16)/p-1/t11-,12-,14?/m0/s1. The van der Waals surface area contributed by atoms with E-state index in [9.17, 15) is 9.90 Å². The number of carbonyl (C=O) groups is 1. The minimum Gasteiger partial charge on any atom is -0.548 e. The molecule has 3 nitrogen and oxygen atoms in total. The van der Waals surface area contributed by atoms with E-state index in [1.54, 1.807) is 0 Å². The highest BCUT2D eigenvalue weighted by Gasteiger charge is 2.48. The second-order valence-corrected chi connectivity index (χ2v) is 4.71. The molecule has 0 N–H and O–H groups in total. The van der Waals surface area contributed by atoms with Crippen molar-refractivity contribution in [1.82, 2.24) is 4.90 Å². The van der Waals surface area contributed by atoms with E-state index >= 15 is 0 Å². The highest BCUT2D eigenvalue weighted by atomic mass is 16.4. The first-order chi connectivity index (χ1) is 7.61. The van der Waals surface area contributed by atoms with Crippen molar-refractivity contribution in [3.8, 4) is 0 Å². The molecule has 0 aromatic heterocycles. The number of aliphatic carboxylic acids is 1. The Labute approximate surface area is 95.7 Å². The van der Waals surface area contributed by atoms with Crippen LogP contribution in [0.15, 0.2) is 30.3 Å². The topological polar surface area (TPSA) is 43.1 Å². The van der Waals surface area contributed by atoms with Crippen LogP contribution in [0.3, 0.4) is 0 Å². The van der Waals surface area contributed by atoms with Gasteiger partial charge in [0, 0.05) is 6.54 Å². The molecule has 0 aliphatic carbocycles. The Bertz CT molecular complexity index is 375. The molecule has 1 aliphatic heterocycles. The van der Waals surface area contributed by atoms with Crippen LogP contribution in [-0.4, -0.2) is 23.5 Å². The first kappa shape index (κ1) is 11.1. The number of rotatable bonds is 4. The molecule has 2 rings (SSSR count). The molecule has 1 aromatic carbocycles. The van der Waals surface area contributed by atoms with Gasteiger partial charge in [0.2, 0.25) is 0 Å². The molecule has 1 aromatic rings. The van der Waals surface area contributed by atoms with Crippen LogP contribution in [0.4, 0.5) is 0 Å². The Morgan fingerprint density at radius 2 is 2.00 bits per heavy atom. The van der Waals surface area contributed by atoms with Crippen molar-refractivity contribution in [1.29, 1.82) is 0 Å². The molecule has 1 unspecified atom stereocenters. The molecule has 0 amide bonds. The molecule has 1 heterocycles. The fourth-order valence-corrected chi connectivity index (χ4v) is 2.21. The molecule has 0 spiro atoms. The summed E-state index contributed by atoms with van der Waals surface area (Å²) >= 11 is 0. The normalized spacial score (nSPS) is 28.1. The Kier molecular flexibility index (Phi) is 2.97. The highest BCUT2D eigenvalue weighted by Crippen LogP contribution is 2.43. The van der Waals surface area contributed by atoms with Crippen molar-refractivity contribution in [3.05, 3.63) is 35.9 Å². The average molecular weight is 218 g/mol. The summed E-state index contributed by atoms with van der Waals surface area (Å²) in [5.41, 5.74) is 1.07. The van der Waals surface area contributed by atoms with Gasteiger partial charge in [-0.2, -0.15) is 0 Å². The SMILES string of the molecule is CC(C)CN1[C@H](C(=O)[O-])[C@@H]1c1ccccc1. The Morgan fingerprint density at radius 3 is 2.50 bits per heavy atom. The smallest absolute Gasteiger partial charge is 0.0699 e. The fourth-order valence-electron chi connectivity index (χ4n) is 2.21. The van der Waals surface area contributed by atoms with E-state index in [0.717, 1.165) is 12.1 Å². The van der Waals surface area contributed by atoms with Crippen LogP contribution in [0.2, 0.25) is 0 Å². The summed E-state index contributed by atoms with van der Waals surface area (Å²) in [6, 6.07) is 9.33. The van der Waals surface area contributed by atoms with Crippen LogP contribution in [0.5, 0.6) is 0 Å². The zero-order valence-electron chi connectivity index (χ0n) is 9.59. The van der Waals surface area contributed by atoms with Crippen LogP contribution < -0.4 is 5.11 Å². The fraction of sp³-hybridized carbons (Fsp3) is 0.462. The monoisotopic (exact) mass is 218 g/mol. The summed E-state index contributed by atoms with van der Waals surface area (Å²) < 4.78 is 0. The number of carbonyl (C=O) groups excluding carboxylic acids is 1. The lowest BCUT2D eigenvalue weighted by Crippen LogP contribution is -2.31. The van der Waals surface area contributed by atoms with Gasteiger partial charge in [-0.1, -0.05) is 44.2 Å². The number of hydrogen-bond acceptors (Lipinski definition) is 3. The lowest BCUT2D eigenvalue weighted by Gasteiger charge is -2.07. The van der Waals surface area contributed by atoms with Crippen LogP contribution in [0.1, 0.15) is 25.5 Å². The molecule has 3 atom stereocenters. The second-order valence-electron chi connectivity index (χ2n) is 4.71. The van der Waals surface area contributed by atoms with Crippen molar-refractivity contribution >= 4 is 5.97 Å². The van der Waals surface area contributed by atoms with Crippen LogP contribution in [0, 0.1) is 5.92 Å². The van der Waals surface area contributed by atoms with Crippen molar-refractivity contribution in [2.24, 2.45) is 5.92 Å². The first-order valence-electron chi connectivity index (χ1n) is 5.63. The average Bonchev–Trinajstić information content (AvgIpc) is 2.92. The number of nitrogens with zero attached hydrogens (tertiary/aromatic N) is 1. The predicted octanol–water partition coefficient (Wildman–Crippen LogP) is 0.818. The minimum atomic E-state index is -0.963. The predicted molar refractivity (Wildman–Crippen MR) is 59.5 cm³/mol. The highest BCUT2D eigenvalue weighted by molar-refractivity contribution is 5.76. The number of hydrogen-bond donors (Lipinski definition) is 0. The van der Waals surface area contributed by atoms with Gasteiger partial charge in [-0.25, -0.2) is 0 Å². The number of benzene rings is 1. The summed E-state index contributed by atoms with van der Waals surface area (Å²) in [4.78, 5) is 13.0. The van der Waals surface area contributed by atoms with Crippen LogP contribution >= 0.6 is 0 Å². The quantitative estimate of drug-likeness (QED) is 0.703. The Hall–Kier alpha value is -1.35. The maximum Gasteiger partial charge on any atom is 0.0699 e. The first-order valence-corrected chi connectivity index (χ1v) is 5.63. The largest absolute Gasteiger partial charge is 0.548 e. The molecule has 1 saturated heterocycles. The third-order valence-corrected chi connectivity index (χ3v) is 2.88. The third-order valence-electron chi connectivity index (χ3n) is 2.88. The molecule has 0 saturated carbocycles. The number of carboxylic acids is 1. The summed E-state index contributed by atoms with van der Waals surface area (Å²) in [5.74, 6) is -0.495. The van der Waals surface area contributed by atoms with Gasteiger partial charge < -0.3 is 9.90 Å². The van der Waals surface area contributed by atoms with Gasteiger partial charge in [0.05, 0.1) is 18.1 Å². The van der Waals surface area contributed by atoms with Gasteiger partial charge in [-0.3, -0.25) is 4.90 Å². The van der Waals surface area contributed by atoms with Gasteiger partial charge in [-0.05, 0) is 11.5 Å². The maximum absolute atomic E-state index is 11.0. The second kappa shape index (κ2) is 4.26. The zero-order valence-corrected chi connectivity index (χ0v) is 9.59. The van der Waals surface area contributed by atoms with E-state index in [4.69, 9.17) is 0 Å². The van der Waals surface area contributed by atoms with E-state index in [-0.39, 0.29) is 6.04 Å². The Balaban J connectivity index is 2.13. The van der Waals surface area contributed by atoms with Crippen molar-refractivity contribution in [2.45, 2.75) is 25.9 Å². The van der Waals surface area contributed by atoms with Crippen LogP contribution in [-0.2, 0) is 4.79 Å². The summed E-state index contributed by atoms with van der Waals surface area (Å²) in [7, 11) is 0. The summed E-state index contributed by atoms with van der Waals surface area (Å²) in [6.07, 6.45) is 0. The third kappa shape index (κ3) is 2.09.